The van der Waals surface area contributed by atoms with Gasteiger partial charge in [0.1, 0.15) is 0 Å². The topological polar surface area (TPSA) is 46.3 Å². The first-order valence-corrected chi connectivity index (χ1v) is 3.81. The maximum Gasteiger partial charge on any atom is 0.246 e. The molecule has 0 radical (unpaired) electrons. The molecular formula is C9H14N2O. The summed E-state index contributed by atoms with van der Waals surface area (Å²) in [6.45, 7) is 4.87. The highest BCUT2D eigenvalue weighted by Crippen LogP contribution is 1.91. The number of terminal acetylenes is 1. The Labute approximate surface area is 73.2 Å². The summed E-state index contributed by atoms with van der Waals surface area (Å²) in [7, 11) is 0. The number of hydrogen-bond donors (Lipinski definition) is 1. The van der Waals surface area contributed by atoms with Gasteiger partial charge >= 0.3 is 0 Å². The van der Waals surface area contributed by atoms with Gasteiger partial charge in [-0.3, -0.25) is 4.79 Å². The van der Waals surface area contributed by atoms with Crippen LogP contribution in [0.4, 0.5) is 0 Å². The molecule has 0 aliphatic heterocycles. The molecule has 0 bridgehead atoms. The summed E-state index contributed by atoms with van der Waals surface area (Å²) in [6, 6.07) is 0. The molecule has 0 aromatic rings. The predicted molar refractivity (Wildman–Crippen MR) is 49.3 cm³/mol. The van der Waals surface area contributed by atoms with Crippen molar-refractivity contribution in [3.63, 3.8) is 0 Å². The van der Waals surface area contributed by atoms with Crippen molar-refractivity contribution in [2.45, 2.75) is 6.42 Å². The van der Waals surface area contributed by atoms with Gasteiger partial charge in [-0.25, -0.2) is 0 Å². The Morgan fingerprint density at radius 3 is 2.83 bits per heavy atom. The van der Waals surface area contributed by atoms with Gasteiger partial charge in [-0.1, -0.05) is 12.5 Å². The Balaban J connectivity index is 3.95. The third-order valence-corrected chi connectivity index (χ3v) is 1.40. The van der Waals surface area contributed by atoms with E-state index in [0.29, 0.717) is 19.6 Å². The Morgan fingerprint density at radius 1 is 1.75 bits per heavy atom. The molecule has 0 aromatic heterocycles. The zero-order valence-corrected chi connectivity index (χ0v) is 7.12. The molecule has 0 atom stereocenters. The van der Waals surface area contributed by atoms with E-state index in [1.165, 1.54) is 6.08 Å². The van der Waals surface area contributed by atoms with Crippen molar-refractivity contribution in [1.82, 2.24) is 4.90 Å². The Morgan fingerprint density at radius 2 is 2.42 bits per heavy atom. The van der Waals surface area contributed by atoms with Crippen LogP contribution in [0.15, 0.2) is 12.7 Å². The van der Waals surface area contributed by atoms with Gasteiger partial charge in [0.15, 0.2) is 0 Å². The first kappa shape index (κ1) is 10.7. The fraction of sp³-hybridized carbons (Fsp3) is 0.444. The lowest BCUT2D eigenvalue weighted by atomic mass is 10.3. The lowest BCUT2D eigenvalue weighted by Crippen LogP contribution is -2.31. The maximum absolute atomic E-state index is 11.1. The van der Waals surface area contributed by atoms with Gasteiger partial charge < -0.3 is 10.6 Å². The molecule has 3 nitrogen and oxygen atoms in total. The molecule has 0 fully saturated rings. The SMILES string of the molecule is C#CCN(CCCN)C(=O)C=C. The second-order valence-electron chi connectivity index (χ2n) is 2.31. The minimum Gasteiger partial charge on any atom is -0.330 e. The summed E-state index contributed by atoms with van der Waals surface area (Å²) in [4.78, 5) is 12.6. The average molecular weight is 166 g/mol. The normalized spacial score (nSPS) is 8.67. The van der Waals surface area contributed by atoms with E-state index in [4.69, 9.17) is 12.2 Å². The monoisotopic (exact) mass is 166 g/mol. The van der Waals surface area contributed by atoms with Crippen molar-refractivity contribution in [3.8, 4) is 12.3 Å². The molecule has 66 valence electrons. The number of hydrogen-bond acceptors (Lipinski definition) is 2. The third kappa shape index (κ3) is 3.79. The minimum absolute atomic E-state index is 0.138. The number of rotatable bonds is 5. The summed E-state index contributed by atoms with van der Waals surface area (Å²) in [6.07, 6.45) is 7.11. The van der Waals surface area contributed by atoms with Gasteiger partial charge in [0.2, 0.25) is 5.91 Å². The van der Waals surface area contributed by atoms with Crippen molar-refractivity contribution in [1.29, 1.82) is 0 Å². The van der Waals surface area contributed by atoms with E-state index in [-0.39, 0.29) is 5.91 Å². The van der Waals surface area contributed by atoms with E-state index in [1.54, 1.807) is 4.90 Å². The van der Waals surface area contributed by atoms with Gasteiger partial charge in [-0.05, 0) is 19.0 Å². The number of carbonyl (C=O) groups excluding carboxylic acids is 1. The van der Waals surface area contributed by atoms with E-state index >= 15 is 0 Å². The van der Waals surface area contributed by atoms with Gasteiger partial charge in [-0.15, -0.1) is 6.42 Å². The number of nitrogens with zero attached hydrogens (tertiary/aromatic N) is 1. The number of carbonyl (C=O) groups is 1. The fourth-order valence-electron chi connectivity index (χ4n) is 0.789. The summed E-state index contributed by atoms with van der Waals surface area (Å²) >= 11 is 0. The van der Waals surface area contributed by atoms with E-state index in [1.807, 2.05) is 0 Å². The fourth-order valence-corrected chi connectivity index (χ4v) is 0.789. The number of amides is 1. The smallest absolute Gasteiger partial charge is 0.246 e. The number of nitrogens with two attached hydrogens (primary N) is 1. The molecule has 0 saturated heterocycles. The van der Waals surface area contributed by atoms with Crippen molar-refractivity contribution in [3.05, 3.63) is 12.7 Å². The van der Waals surface area contributed by atoms with E-state index in [2.05, 4.69) is 12.5 Å². The Hall–Kier alpha value is -1.27. The van der Waals surface area contributed by atoms with Crippen molar-refractivity contribution >= 4 is 5.91 Å². The van der Waals surface area contributed by atoms with Crippen molar-refractivity contribution < 1.29 is 4.79 Å². The third-order valence-electron chi connectivity index (χ3n) is 1.40. The van der Waals surface area contributed by atoms with E-state index in [9.17, 15) is 4.79 Å². The molecule has 0 aromatic carbocycles. The minimum atomic E-state index is -0.138. The molecule has 0 aliphatic rings. The Bertz CT molecular complexity index is 193. The van der Waals surface area contributed by atoms with Crippen LogP contribution in [-0.4, -0.2) is 30.4 Å². The predicted octanol–water partition coefficient (Wildman–Crippen LogP) is -0.0170. The molecule has 2 N–H and O–H groups in total. The van der Waals surface area contributed by atoms with Crippen LogP contribution >= 0.6 is 0 Å². The quantitative estimate of drug-likeness (QED) is 0.461. The van der Waals surface area contributed by atoms with Crippen molar-refractivity contribution in [2.75, 3.05) is 19.6 Å². The van der Waals surface area contributed by atoms with Crippen LogP contribution in [0.1, 0.15) is 6.42 Å². The van der Waals surface area contributed by atoms with Crippen LogP contribution in [-0.2, 0) is 4.79 Å². The highest BCUT2D eigenvalue weighted by Gasteiger charge is 2.06. The van der Waals surface area contributed by atoms with Crippen LogP contribution in [0.3, 0.4) is 0 Å². The van der Waals surface area contributed by atoms with Gasteiger partial charge in [0.05, 0.1) is 6.54 Å². The van der Waals surface area contributed by atoms with Gasteiger partial charge in [-0.2, -0.15) is 0 Å². The lowest BCUT2D eigenvalue weighted by Gasteiger charge is -2.17. The first-order valence-electron chi connectivity index (χ1n) is 3.81. The standard InChI is InChI=1S/C9H14N2O/c1-3-7-11(8-5-6-10)9(12)4-2/h1,4H,2,5-8,10H2. The lowest BCUT2D eigenvalue weighted by molar-refractivity contribution is -0.125. The Kier molecular flexibility index (Phi) is 5.76. The van der Waals surface area contributed by atoms with Crippen LogP contribution in [0, 0.1) is 12.3 Å². The zero-order chi connectivity index (χ0) is 9.40. The van der Waals surface area contributed by atoms with Gasteiger partial charge in [0, 0.05) is 6.54 Å². The first-order chi connectivity index (χ1) is 5.76. The largest absolute Gasteiger partial charge is 0.330 e. The molecule has 0 rings (SSSR count). The van der Waals surface area contributed by atoms with Crippen LogP contribution < -0.4 is 5.73 Å². The highest BCUT2D eigenvalue weighted by molar-refractivity contribution is 5.87. The van der Waals surface area contributed by atoms with Crippen LogP contribution in [0.25, 0.3) is 0 Å². The second-order valence-corrected chi connectivity index (χ2v) is 2.31. The zero-order valence-electron chi connectivity index (χ0n) is 7.12. The summed E-state index contributed by atoms with van der Waals surface area (Å²) in [5, 5.41) is 0. The summed E-state index contributed by atoms with van der Waals surface area (Å²) < 4.78 is 0. The highest BCUT2D eigenvalue weighted by atomic mass is 16.2. The molecule has 1 amide bonds. The summed E-state index contributed by atoms with van der Waals surface area (Å²) in [5.74, 6) is 2.27. The molecule has 12 heavy (non-hydrogen) atoms. The molecule has 0 spiro atoms. The molecule has 0 unspecified atom stereocenters. The van der Waals surface area contributed by atoms with Crippen molar-refractivity contribution in [2.24, 2.45) is 5.73 Å². The van der Waals surface area contributed by atoms with E-state index in [0.717, 1.165) is 6.42 Å². The molecule has 0 aliphatic carbocycles. The van der Waals surface area contributed by atoms with Gasteiger partial charge in [0.25, 0.3) is 0 Å². The molecular weight excluding hydrogens is 152 g/mol. The van der Waals surface area contributed by atoms with Crippen LogP contribution in [0.2, 0.25) is 0 Å². The van der Waals surface area contributed by atoms with E-state index < -0.39 is 0 Å². The average Bonchev–Trinajstić information content (AvgIpc) is 2.11. The maximum atomic E-state index is 11.1. The molecule has 3 heteroatoms. The second kappa shape index (κ2) is 6.44. The molecule has 0 saturated carbocycles. The molecule has 0 heterocycles. The summed E-state index contributed by atoms with van der Waals surface area (Å²) in [5.41, 5.74) is 5.30. The van der Waals surface area contributed by atoms with Crippen LogP contribution in [0.5, 0.6) is 0 Å².